The Kier molecular flexibility index (Phi) is 3.38. The molecule has 0 saturated carbocycles. The first-order chi connectivity index (χ1) is 7.94. The molecule has 5 nitrogen and oxygen atoms in total. The van der Waals surface area contributed by atoms with Crippen LogP contribution in [0.5, 0.6) is 0 Å². The predicted molar refractivity (Wildman–Crippen MR) is 66.9 cm³/mol. The Hall–Kier alpha value is -1.10. The number of rotatable bonds is 3. The van der Waals surface area contributed by atoms with E-state index < -0.39 is 0 Å². The molecule has 1 aliphatic rings. The van der Waals surface area contributed by atoms with Crippen LogP contribution in [0, 0.1) is 5.92 Å². The highest BCUT2D eigenvalue weighted by Gasteiger charge is 2.23. The van der Waals surface area contributed by atoms with E-state index >= 15 is 0 Å². The first kappa shape index (κ1) is 12.4. The molecule has 1 N–H and O–H groups in total. The van der Waals surface area contributed by atoms with Gasteiger partial charge in [0.25, 0.3) is 0 Å². The van der Waals surface area contributed by atoms with Crippen molar-refractivity contribution in [2.75, 3.05) is 18.0 Å². The predicted octanol–water partition coefficient (Wildman–Crippen LogP) is 1.80. The lowest BCUT2D eigenvalue weighted by Crippen LogP contribution is -2.35. The van der Waals surface area contributed by atoms with Crippen LogP contribution in [0.2, 0.25) is 0 Å². The highest BCUT2D eigenvalue weighted by Crippen LogP contribution is 2.22. The summed E-state index contributed by atoms with van der Waals surface area (Å²) in [6.45, 7) is 11.3. The molecule has 0 radical (unpaired) electrons. The van der Waals surface area contributed by atoms with Crippen LogP contribution < -0.4 is 10.2 Å². The largest absolute Gasteiger partial charge is 0.407 e. The molecule has 1 unspecified atom stereocenters. The quantitative estimate of drug-likeness (QED) is 0.870. The Balaban J connectivity index is 1.92. The van der Waals surface area contributed by atoms with Gasteiger partial charge in [0, 0.05) is 18.6 Å². The maximum Gasteiger partial charge on any atom is 0.318 e. The normalized spacial score (nSPS) is 21.2. The molecule has 0 aliphatic carbocycles. The molecule has 96 valence electrons. The summed E-state index contributed by atoms with van der Waals surface area (Å²) in [4.78, 5) is 2.16. The molecule has 1 fully saturated rings. The van der Waals surface area contributed by atoms with Gasteiger partial charge in [-0.2, -0.15) is 0 Å². The van der Waals surface area contributed by atoms with Crippen LogP contribution in [0.25, 0.3) is 0 Å². The SMILES string of the molecule is CC1CCN(c2nnc(CNC(C)(C)C)o2)C1. The Morgan fingerprint density at radius 3 is 2.76 bits per heavy atom. The summed E-state index contributed by atoms with van der Waals surface area (Å²) in [5, 5.41) is 11.5. The zero-order chi connectivity index (χ0) is 12.5. The van der Waals surface area contributed by atoms with Crippen LogP contribution in [-0.4, -0.2) is 28.8 Å². The third kappa shape index (κ3) is 3.43. The number of hydrogen-bond donors (Lipinski definition) is 1. The van der Waals surface area contributed by atoms with Crippen LogP contribution in [-0.2, 0) is 6.54 Å². The van der Waals surface area contributed by atoms with E-state index in [9.17, 15) is 0 Å². The molecule has 2 heterocycles. The molecule has 1 saturated heterocycles. The monoisotopic (exact) mass is 238 g/mol. The molecule has 1 aliphatic heterocycles. The van der Waals surface area contributed by atoms with Gasteiger partial charge in [-0.05, 0) is 33.1 Å². The van der Waals surface area contributed by atoms with Gasteiger partial charge >= 0.3 is 6.01 Å². The lowest BCUT2D eigenvalue weighted by Gasteiger charge is -2.18. The van der Waals surface area contributed by atoms with E-state index in [0.717, 1.165) is 19.0 Å². The van der Waals surface area contributed by atoms with Crippen molar-refractivity contribution in [2.45, 2.75) is 46.2 Å². The first-order valence-electron chi connectivity index (χ1n) is 6.26. The van der Waals surface area contributed by atoms with E-state index in [1.165, 1.54) is 6.42 Å². The highest BCUT2D eigenvalue weighted by atomic mass is 16.4. The molecular formula is C12H22N4O. The number of nitrogens with zero attached hydrogens (tertiary/aromatic N) is 3. The van der Waals surface area contributed by atoms with Crippen molar-refractivity contribution in [1.29, 1.82) is 0 Å². The summed E-state index contributed by atoms with van der Waals surface area (Å²) in [6, 6.07) is 0.667. The lowest BCUT2D eigenvalue weighted by atomic mass is 10.1. The minimum absolute atomic E-state index is 0.0663. The first-order valence-corrected chi connectivity index (χ1v) is 6.26. The van der Waals surface area contributed by atoms with Gasteiger partial charge in [0.2, 0.25) is 5.89 Å². The zero-order valence-electron chi connectivity index (χ0n) is 11.2. The minimum atomic E-state index is 0.0663. The molecule has 0 amide bonds. The summed E-state index contributed by atoms with van der Waals surface area (Å²) in [7, 11) is 0. The van der Waals surface area contributed by atoms with Gasteiger partial charge in [0.15, 0.2) is 0 Å². The molecular weight excluding hydrogens is 216 g/mol. The average Bonchev–Trinajstić information content (AvgIpc) is 2.81. The summed E-state index contributed by atoms with van der Waals surface area (Å²) < 4.78 is 5.65. The van der Waals surface area contributed by atoms with Crippen LogP contribution in [0.1, 0.15) is 40.0 Å². The molecule has 2 rings (SSSR count). The molecule has 1 aromatic heterocycles. The van der Waals surface area contributed by atoms with Gasteiger partial charge in [0.05, 0.1) is 6.54 Å². The number of nitrogens with one attached hydrogen (secondary N) is 1. The average molecular weight is 238 g/mol. The van der Waals surface area contributed by atoms with Crippen molar-refractivity contribution >= 4 is 6.01 Å². The molecule has 5 heteroatoms. The van der Waals surface area contributed by atoms with Crippen LogP contribution in [0.15, 0.2) is 4.42 Å². The van der Waals surface area contributed by atoms with Crippen molar-refractivity contribution in [3.05, 3.63) is 5.89 Å². The lowest BCUT2D eigenvalue weighted by molar-refractivity contribution is 0.381. The fourth-order valence-electron chi connectivity index (χ4n) is 1.89. The van der Waals surface area contributed by atoms with Crippen molar-refractivity contribution in [3.8, 4) is 0 Å². The summed E-state index contributed by atoms with van der Waals surface area (Å²) >= 11 is 0. The Labute approximate surface area is 103 Å². The molecule has 0 bridgehead atoms. The van der Waals surface area contributed by atoms with Crippen LogP contribution in [0.3, 0.4) is 0 Å². The van der Waals surface area contributed by atoms with E-state index in [1.807, 2.05) is 0 Å². The third-order valence-corrected chi connectivity index (χ3v) is 2.92. The second-order valence-corrected chi connectivity index (χ2v) is 5.92. The highest BCUT2D eigenvalue weighted by molar-refractivity contribution is 5.26. The van der Waals surface area contributed by atoms with E-state index in [4.69, 9.17) is 4.42 Å². The fraction of sp³-hybridized carbons (Fsp3) is 0.833. The summed E-state index contributed by atoms with van der Waals surface area (Å²) in [5.41, 5.74) is 0.0663. The van der Waals surface area contributed by atoms with Crippen LogP contribution >= 0.6 is 0 Å². The van der Waals surface area contributed by atoms with E-state index in [-0.39, 0.29) is 5.54 Å². The zero-order valence-corrected chi connectivity index (χ0v) is 11.2. The van der Waals surface area contributed by atoms with Gasteiger partial charge in [-0.1, -0.05) is 12.0 Å². The second-order valence-electron chi connectivity index (χ2n) is 5.92. The maximum atomic E-state index is 5.65. The van der Waals surface area contributed by atoms with E-state index in [0.29, 0.717) is 18.5 Å². The molecule has 1 atom stereocenters. The minimum Gasteiger partial charge on any atom is -0.407 e. The van der Waals surface area contributed by atoms with Crippen molar-refractivity contribution in [3.63, 3.8) is 0 Å². The Bertz CT molecular complexity index is 369. The van der Waals surface area contributed by atoms with Crippen molar-refractivity contribution in [2.24, 2.45) is 5.92 Å². The number of hydrogen-bond acceptors (Lipinski definition) is 5. The van der Waals surface area contributed by atoms with Gasteiger partial charge < -0.3 is 14.6 Å². The number of anilines is 1. The van der Waals surface area contributed by atoms with Gasteiger partial charge in [-0.25, -0.2) is 0 Å². The van der Waals surface area contributed by atoms with E-state index in [2.05, 4.69) is 48.1 Å². The second kappa shape index (κ2) is 4.64. The number of aromatic nitrogens is 2. The molecule has 1 aromatic rings. The van der Waals surface area contributed by atoms with Gasteiger partial charge in [0.1, 0.15) is 0 Å². The molecule has 0 spiro atoms. The third-order valence-electron chi connectivity index (χ3n) is 2.92. The standard InChI is InChI=1S/C12H22N4O/c1-9-5-6-16(8-9)11-15-14-10(17-11)7-13-12(2,3)4/h9,13H,5-8H2,1-4H3. The summed E-state index contributed by atoms with van der Waals surface area (Å²) in [6.07, 6.45) is 1.21. The molecule has 0 aromatic carbocycles. The van der Waals surface area contributed by atoms with Gasteiger partial charge in [-0.3, -0.25) is 0 Å². The molecule has 17 heavy (non-hydrogen) atoms. The van der Waals surface area contributed by atoms with Gasteiger partial charge in [-0.15, -0.1) is 5.10 Å². The topological polar surface area (TPSA) is 54.2 Å². The summed E-state index contributed by atoms with van der Waals surface area (Å²) in [5.74, 6) is 1.38. The fourth-order valence-corrected chi connectivity index (χ4v) is 1.89. The Morgan fingerprint density at radius 2 is 2.18 bits per heavy atom. The van der Waals surface area contributed by atoms with Crippen LogP contribution in [0.4, 0.5) is 6.01 Å². The smallest absolute Gasteiger partial charge is 0.318 e. The maximum absolute atomic E-state index is 5.65. The van der Waals surface area contributed by atoms with Crippen molar-refractivity contribution in [1.82, 2.24) is 15.5 Å². The van der Waals surface area contributed by atoms with Crippen molar-refractivity contribution < 1.29 is 4.42 Å². The Morgan fingerprint density at radius 1 is 1.41 bits per heavy atom. The van der Waals surface area contributed by atoms with E-state index in [1.54, 1.807) is 0 Å².